The van der Waals surface area contributed by atoms with Crippen LogP contribution in [-0.2, 0) is 17.3 Å². The molecular formula is C29H26Br2N2O3. The van der Waals surface area contributed by atoms with E-state index in [9.17, 15) is 4.79 Å². The third-order valence-corrected chi connectivity index (χ3v) is 7.65. The standard InChI is InChI=1S/C29H26Br2N2O3/c1-3-33(4-2)21-5-8-25-27(12-21)36-28-14-26(34)23-7-6-22(13-24(23)29(28)32-25)35-17-20-10-18(15-30)9-19(11-20)16-31/h5-14H,3-4,15-17H2,1-2H3. The summed E-state index contributed by atoms with van der Waals surface area (Å²) < 4.78 is 12.3. The molecule has 3 aromatic carbocycles. The molecule has 0 saturated heterocycles. The lowest BCUT2D eigenvalue weighted by Gasteiger charge is -2.21. The SMILES string of the molecule is CCN(CC)c1ccc2nc3c4cc(OCc5cc(CBr)cc(CBr)c5)ccc4c(=O)cc-3oc2c1. The number of anilines is 1. The molecule has 3 aromatic rings. The van der Waals surface area contributed by atoms with Gasteiger partial charge in [-0.2, -0.15) is 0 Å². The third kappa shape index (κ3) is 4.87. The van der Waals surface area contributed by atoms with Crippen LogP contribution in [0.5, 0.6) is 5.75 Å². The van der Waals surface area contributed by atoms with Crippen LogP contribution in [0.1, 0.15) is 30.5 Å². The number of benzene rings is 4. The van der Waals surface area contributed by atoms with Crippen molar-refractivity contribution in [2.24, 2.45) is 0 Å². The van der Waals surface area contributed by atoms with Crippen LogP contribution in [0.2, 0.25) is 0 Å². The Morgan fingerprint density at radius 2 is 1.58 bits per heavy atom. The zero-order chi connectivity index (χ0) is 25.2. The van der Waals surface area contributed by atoms with E-state index in [2.05, 4.69) is 74.9 Å². The number of hydrogen-bond acceptors (Lipinski definition) is 5. The highest BCUT2D eigenvalue weighted by Gasteiger charge is 2.17. The summed E-state index contributed by atoms with van der Waals surface area (Å²) in [6.07, 6.45) is 0. The molecule has 0 spiro atoms. The molecule has 36 heavy (non-hydrogen) atoms. The van der Waals surface area contributed by atoms with Gasteiger partial charge in [0, 0.05) is 52.3 Å². The Hall–Kier alpha value is -2.90. The van der Waals surface area contributed by atoms with E-state index in [0.29, 0.717) is 34.8 Å². The van der Waals surface area contributed by atoms with Gasteiger partial charge in [0.15, 0.2) is 16.8 Å². The highest BCUT2D eigenvalue weighted by Crippen LogP contribution is 2.33. The van der Waals surface area contributed by atoms with Crippen LogP contribution in [-0.4, -0.2) is 18.1 Å². The number of rotatable bonds is 8. The predicted octanol–water partition coefficient (Wildman–Crippen LogP) is 7.66. The average Bonchev–Trinajstić information content (AvgIpc) is 2.91. The van der Waals surface area contributed by atoms with E-state index < -0.39 is 0 Å². The summed E-state index contributed by atoms with van der Waals surface area (Å²) in [4.78, 5) is 20.0. The normalized spacial score (nSPS) is 11.4. The maximum absolute atomic E-state index is 12.9. The molecule has 184 valence electrons. The summed E-state index contributed by atoms with van der Waals surface area (Å²) in [6, 6.07) is 19.5. The van der Waals surface area contributed by atoms with Crippen molar-refractivity contribution in [1.29, 1.82) is 0 Å². The van der Waals surface area contributed by atoms with Crippen LogP contribution in [0.15, 0.2) is 69.9 Å². The van der Waals surface area contributed by atoms with Crippen molar-refractivity contribution in [1.82, 2.24) is 4.98 Å². The molecule has 0 unspecified atom stereocenters. The molecule has 0 radical (unpaired) electrons. The molecule has 0 amide bonds. The molecule has 5 rings (SSSR count). The fourth-order valence-electron chi connectivity index (χ4n) is 4.56. The molecule has 0 fully saturated rings. The van der Waals surface area contributed by atoms with Gasteiger partial charge in [-0.25, -0.2) is 4.98 Å². The van der Waals surface area contributed by atoms with Crippen LogP contribution in [0.25, 0.3) is 33.3 Å². The number of hydrogen-bond donors (Lipinski definition) is 0. The molecule has 1 aliphatic heterocycles. The number of nitrogens with zero attached hydrogens (tertiary/aromatic N) is 2. The Morgan fingerprint density at radius 1 is 0.861 bits per heavy atom. The van der Waals surface area contributed by atoms with Crippen molar-refractivity contribution >= 4 is 59.4 Å². The van der Waals surface area contributed by atoms with E-state index in [4.69, 9.17) is 14.1 Å². The zero-order valence-electron chi connectivity index (χ0n) is 20.2. The first-order valence-corrected chi connectivity index (χ1v) is 14.2. The van der Waals surface area contributed by atoms with Gasteiger partial charge in [0.1, 0.15) is 23.6 Å². The molecule has 2 aliphatic rings. The van der Waals surface area contributed by atoms with Gasteiger partial charge in [0.2, 0.25) is 0 Å². The summed E-state index contributed by atoms with van der Waals surface area (Å²) in [7, 11) is 0. The van der Waals surface area contributed by atoms with Crippen LogP contribution < -0.4 is 15.1 Å². The summed E-state index contributed by atoms with van der Waals surface area (Å²) in [5.41, 5.74) is 6.53. The van der Waals surface area contributed by atoms with Crippen LogP contribution in [0.4, 0.5) is 5.69 Å². The van der Waals surface area contributed by atoms with Gasteiger partial charge in [-0.3, -0.25) is 4.79 Å². The highest BCUT2D eigenvalue weighted by atomic mass is 79.9. The summed E-state index contributed by atoms with van der Waals surface area (Å²) in [5.74, 6) is 1.15. The van der Waals surface area contributed by atoms with Gasteiger partial charge in [-0.1, -0.05) is 50.1 Å². The first-order chi connectivity index (χ1) is 17.5. The van der Waals surface area contributed by atoms with Crippen LogP contribution >= 0.6 is 31.9 Å². The fourth-order valence-corrected chi connectivity index (χ4v) is 5.21. The number of halogens is 2. The van der Waals surface area contributed by atoms with Crippen LogP contribution in [0.3, 0.4) is 0 Å². The van der Waals surface area contributed by atoms with Crippen molar-refractivity contribution in [2.75, 3.05) is 18.0 Å². The van der Waals surface area contributed by atoms with Crippen molar-refractivity contribution < 1.29 is 9.15 Å². The Bertz CT molecular complexity index is 1550. The zero-order valence-corrected chi connectivity index (χ0v) is 23.4. The number of alkyl halides is 2. The van der Waals surface area contributed by atoms with E-state index in [-0.39, 0.29) is 5.43 Å². The Balaban J connectivity index is 1.54. The minimum absolute atomic E-state index is 0.0965. The molecule has 0 N–H and O–H groups in total. The highest BCUT2D eigenvalue weighted by molar-refractivity contribution is 9.08. The Morgan fingerprint density at radius 3 is 2.28 bits per heavy atom. The number of fused-ring (bicyclic) bond motifs is 4. The lowest BCUT2D eigenvalue weighted by Crippen LogP contribution is -2.21. The second-order valence-corrected chi connectivity index (χ2v) is 9.80. The molecule has 0 aromatic heterocycles. The van der Waals surface area contributed by atoms with Crippen molar-refractivity contribution in [3.05, 3.63) is 87.6 Å². The van der Waals surface area contributed by atoms with E-state index in [0.717, 1.165) is 45.9 Å². The van der Waals surface area contributed by atoms with Gasteiger partial charge < -0.3 is 14.1 Å². The Kier molecular flexibility index (Phi) is 7.30. The second kappa shape index (κ2) is 10.6. The fraction of sp³-hybridized carbons (Fsp3) is 0.241. The largest absolute Gasteiger partial charge is 0.489 e. The third-order valence-electron chi connectivity index (χ3n) is 6.36. The summed E-state index contributed by atoms with van der Waals surface area (Å²) in [6.45, 7) is 6.48. The van der Waals surface area contributed by atoms with E-state index in [1.807, 2.05) is 24.3 Å². The molecule has 7 heteroatoms. The molecule has 0 bridgehead atoms. The van der Waals surface area contributed by atoms with Crippen LogP contribution in [0, 0.1) is 0 Å². The van der Waals surface area contributed by atoms with Gasteiger partial charge in [0.05, 0.1) is 0 Å². The lowest BCUT2D eigenvalue weighted by molar-refractivity contribution is 0.306. The quantitative estimate of drug-likeness (QED) is 0.103. The van der Waals surface area contributed by atoms with E-state index in [1.54, 1.807) is 6.07 Å². The first kappa shape index (κ1) is 24.8. The van der Waals surface area contributed by atoms with Gasteiger partial charge in [-0.05, 0) is 60.9 Å². The minimum atomic E-state index is -0.0965. The van der Waals surface area contributed by atoms with Crippen molar-refractivity contribution in [3.8, 4) is 17.2 Å². The van der Waals surface area contributed by atoms with Crippen molar-refractivity contribution in [2.45, 2.75) is 31.1 Å². The smallest absolute Gasteiger partial charge is 0.190 e. The van der Waals surface area contributed by atoms with Gasteiger partial charge >= 0.3 is 0 Å². The molecule has 0 saturated carbocycles. The predicted molar refractivity (Wildman–Crippen MR) is 154 cm³/mol. The molecule has 0 atom stereocenters. The summed E-state index contributed by atoms with van der Waals surface area (Å²) >= 11 is 7.08. The average molecular weight is 610 g/mol. The molecule has 5 nitrogen and oxygen atoms in total. The maximum atomic E-state index is 12.9. The number of aromatic nitrogens is 1. The number of ether oxygens (including phenoxy) is 1. The van der Waals surface area contributed by atoms with E-state index >= 15 is 0 Å². The second-order valence-electron chi connectivity index (χ2n) is 8.68. The minimum Gasteiger partial charge on any atom is -0.489 e. The maximum Gasteiger partial charge on any atom is 0.190 e. The topological polar surface area (TPSA) is 55.6 Å². The van der Waals surface area contributed by atoms with Crippen molar-refractivity contribution in [3.63, 3.8) is 0 Å². The van der Waals surface area contributed by atoms with Gasteiger partial charge in [-0.15, -0.1) is 0 Å². The first-order valence-electron chi connectivity index (χ1n) is 12.0. The van der Waals surface area contributed by atoms with Gasteiger partial charge in [0.25, 0.3) is 0 Å². The summed E-state index contributed by atoms with van der Waals surface area (Å²) in [5, 5.41) is 2.90. The Labute approximate surface area is 226 Å². The lowest BCUT2D eigenvalue weighted by atomic mass is 10.0. The van der Waals surface area contributed by atoms with E-state index in [1.165, 1.54) is 17.2 Å². The molecule has 1 aliphatic carbocycles. The molecular weight excluding hydrogens is 584 g/mol. The monoisotopic (exact) mass is 608 g/mol. The molecule has 1 heterocycles.